The Hall–Kier alpha value is -3.22. The lowest BCUT2D eigenvalue weighted by Gasteiger charge is -2.40. The lowest BCUT2D eigenvalue weighted by Crippen LogP contribution is -2.49. The van der Waals surface area contributed by atoms with Gasteiger partial charge in [-0.05, 0) is 80.6 Å². The molecule has 0 N–H and O–H groups in total. The molecule has 1 aromatic carbocycles. The molecule has 3 aromatic rings. The maximum atomic E-state index is 13.7. The van der Waals surface area contributed by atoms with E-state index in [2.05, 4.69) is 22.0 Å². The molecule has 0 aliphatic carbocycles. The molecule has 0 spiro atoms. The first-order valence-corrected chi connectivity index (χ1v) is 10.8. The molecule has 1 amide bonds. The van der Waals surface area contributed by atoms with Crippen molar-refractivity contribution in [3.63, 3.8) is 0 Å². The largest absolute Gasteiger partial charge is 0.463 e. The van der Waals surface area contributed by atoms with Gasteiger partial charge in [0.2, 0.25) is 5.91 Å². The van der Waals surface area contributed by atoms with Gasteiger partial charge in [0, 0.05) is 24.8 Å². The second-order valence-electron chi connectivity index (χ2n) is 8.41. The smallest absolute Gasteiger partial charge is 0.232 e. The van der Waals surface area contributed by atoms with E-state index in [0.717, 1.165) is 49.3 Å². The summed E-state index contributed by atoms with van der Waals surface area (Å²) in [6.07, 6.45) is 5.01. The number of amides is 1. The summed E-state index contributed by atoms with van der Waals surface area (Å²) in [5.41, 5.74) is 2.45. The second kappa shape index (κ2) is 8.13. The first kappa shape index (κ1) is 19.7. The molecule has 7 heteroatoms. The summed E-state index contributed by atoms with van der Waals surface area (Å²) in [7, 11) is 0. The van der Waals surface area contributed by atoms with Crippen molar-refractivity contribution in [2.45, 2.75) is 38.6 Å². The van der Waals surface area contributed by atoms with Gasteiger partial charge in [0.15, 0.2) is 11.6 Å². The monoisotopic (exact) mass is 420 g/mol. The van der Waals surface area contributed by atoms with Crippen molar-refractivity contribution < 1.29 is 13.6 Å². The van der Waals surface area contributed by atoms with E-state index in [1.807, 2.05) is 29.2 Å². The zero-order valence-electron chi connectivity index (χ0n) is 17.5. The number of aromatic nitrogens is 2. The van der Waals surface area contributed by atoms with Crippen LogP contribution in [0.1, 0.15) is 31.7 Å². The van der Waals surface area contributed by atoms with E-state index in [4.69, 9.17) is 4.42 Å². The van der Waals surface area contributed by atoms with Gasteiger partial charge in [-0.1, -0.05) is 0 Å². The topological polar surface area (TPSA) is 62.5 Å². The Bertz CT molecular complexity index is 1070. The normalized spacial score (nSPS) is 21.1. The van der Waals surface area contributed by atoms with E-state index < -0.39 is 0 Å². The molecule has 5 rings (SSSR count). The number of nitrogens with zero attached hydrogens (tertiary/aromatic N) is 4. The van der Waals surface area contributed by atoms with Gasteiger partial charge in [0.1, 0.15) is 11.5 Å². The minimum absolute atomic E-state index is 0.105. The Morgan fingerprint density at radius 2 is 2.06 bits per heavy atom. The number of benzene rings is 1. The molecule has 6 nitrogen and oxygen atoms in total. The summed E-state index contributed by atoms with van der Waals surface area (Å²) in [4.78, 5) is 17.6. The fourth-order valence-corrected chi connectivity index (χ4v) is 4.69. The van der Waals surface area contributed by atoms with Crippen LogP contribution in [0.5, 0.6) is 0 Å². The van der Waals surface area contributed by atoms with Crippen molar-refractivity contribution in [1.82, 2.24) is 10.2 Å². The molecule has 2 aliphatic rings. The third-order valence-electron chi connectivity index (χ3n) is 6.33. The van der Waals surface area contributed by atoms with E-state index in [9.17, 15) is 9.18 Å². The van der Waals surface area contributed by atoms with Crippen molar-refractivity contribution in [2.75, 3.05) is 22.9 Å². The Morgan fingerprint density at radius 1 is 1.16 bits per heavy atom. The van der Waals surface area contributed by atoms with Crippen LogP contribution in [0, 0.1) is 11.7 Å². The van der Waals surface area contributed by atoms with Crippen molar-refractivity contribution in [3.05, 3.63) is 60.1 Å². The number of halogens is 1. The average molecular weight is 420 g/mol. The second-order valence-corrected chi connectivity index (χ2v) is 8.41. The van der Waals surface area contributed by atoms with Gasteiger partial charge >= 0.3 is 0 Å². The fraction of sp³-hybridized carbons (Fsp3) is 0.375. The van der Waals surface area contributed by atoms with Crippen molar-refractivity contribution >= 4 is 17.4 Å². The zero-order valence-corrected chi connectivity index (χ0v) is 17.5. The number of aryl methyl sites for hydroxylation is 1. The number of fused-ring (bicyclic) bond motifs is 1. The molecule has 2 unspecified atom stereocenters. The molecule has 0 radical (unpaired) electrons. The van der Waals surface area contributed by atoms with Gasteiger partial charge in [-0.25, -0.2) is 4.39 Å². The van der Waals surface area contributed by atoms with Gasteiger partial charge in [-0.3, -0.25) is 4.79 Å². The highest BCUT2D eigenvalue weighted by Crippen LogP contribution is 2.34. The standard InChI is InChI=1S/C24H25FN4O2/c1-16-6-7-17-14-19(25)8-10-21(17)29(16)24(30)18-4-2-12-28(15-18)23-11-9-20(26-27-23)22-5-3-13-31-22/h3,5,8-11,13-14,16,18H,2,4,6-7,12,15H2,1H3. The SMILES string of the molecule is CC1CCc2cc(F)ccc2N1C(=O)C1CCCN(c2ccc(-c3ccco3)nn2)C1. The van der Waals surface area contributed by atoms with Gasteiger partial charge in [-0.2, -0.15) is 0 Å². The molecule has 160 valence electrons. The summed E-state index contributed by atoms with van der Waals surface area (Å²) in [5.74, 6) is 1.19. The predicted octanol–water partition coefficient (Wildman–Crippen LogP) is 4.46. The number of hydrogen-bond donors (Lipinski definition) is 0. The van der Waals surface area contributed by atoms with E-state index in [-0.39, 0.29) is 23.7 Å². The van der Waals surface area contributed by atoms with Crippen molar-refractivity contribution in [1.29, 1.82) is 0 Å². The van der Waals surface area contributed by atoms with Gasteiger partial charge < -0.3 is 14.2 Å². The van der Waals surface area contributed by atoms with Crippen LogP contribution in [-0.4, -0.2) is 35.2 Å². The molecular weight excluding hydrogens is 395 g/mol. The highest BCUT2D eigenvalue weighted by atomic mass is 19.1. The number of rotatable bonds is 3. The highest BCUT2D eigenvalue weighted by Gasteiger charge is 2.35. The first-order valence-electron chi connectivity index (χ1n) is 10.8. The lowest BCUT2D eigenvalue weighted by atomic mass is 9.91. The van der Waals surface area contributed by atoms with Crippen LogP contribution in [0.4, 0.5) is 15.9 Å². The molecule has 2 aliphatic heterocycles. The number of carbonyl (C=O) groups is 1. The summed E-state index contributed by atoms with van der Waals surface area (Å²) in [6.45, 7) is 3.52. The Balaban J connectivity index is 1.34. The van der Waals surface area contributed by atoms with E-state index in [1.165, 1.54) is 6.07 Å². The minimum atomic E-state index is -0.249. The summed E-state index contributed by atoms with van der Waals surface area (Å²) in [5, 5.41) is 8.66. The Labute approximate surface area is 180 Å². The molecular formula is C24H25FN4O2. The van der Waals surface area contributed by atoms with Crippen LogP contribution < -0.4 is 9.80 Å². The minimum Gasteiger partial charge on any atom is -0.463 e. The quantitative estimate of drug-likeness (QED) is 0.626. The molecule has 2 aromatic heterocycles. The number of furan rings is 1. The average Bonchev–Trinajstić information content (AvgIpc) is 3.34. The van der Waals surface area contributed by atoms with Gasteiger partial charge in [0.25, 0.3) is 0 Å². The maximum Gasteiger partial charge on any atom is 0.232 e. The molecule has 1 fully saturated rings. The summed E-state index contributed by atoms with van der Waals surface area (Å²) < 4.78 is 19.1. The van der Waals surface area contributed by atoms with Crippen LogP contribution in [0.2, 0.25) is 0 Å². The van der Waals surface area contributed by atoms with Crippen LogP contribution in [0.15, 0.2) is 53.1 Å². The predicted molar refractivity (Wildman–Crippen MR) is 116 cm³/mol. The van der Waals surface area contributed by atoms with Crippen LogP contribution in [0.3, 0.4) is 0 Å². The number of piperidine rings is 1. The molecule has 2 atom stereocenters. The van der Waals surface area contributed by atoms with Gasteiger partial charge in [-0.15, -0.1) is 10.2 Å². The van der Waals surface area contributed by atoms with E-state index >= 15 is 0 Å². The summed E-state index contributed by atoms with van der Waals surface area (Å²) in [6, 6.07) is 12.3. The van der Waals surface area contributed by atoms with Crippen LogP contribution in [0.25, 0.3) is 11.5 Å². The lowest BCUT2D eigenvalue weighted by molar-refractivity contribution is -0.123. The van der Waals surface area contributed by atoms with Gasteiger partial charge in [0.05, 0.1) is 12.2 Å². The van der Waals surface area contributed by atoms with E-state index in [0.29, 0.717) is 18.0 Å². The molecule has 31 heavy (non-hydrogen) atoms. The number of hydrogen-bond acceptors (Lipinski definition) is 5. The zero-order chi connectivity index (χ0) is 21.4. The number of carbonyl (C=O) groups excluding carboxylic acids is 1. The van der Waals surface area contributed by atoms with Crippen LogP contribution in [-0.2, 0) is 11.2 Å². The first-order chi connectivity index (χ1) is 15.1. The van der Waals surface area contributed by atoms with E-state index in [1.54, 1.807) is 18.4 Å². The number of anilines is 2. The van der Waals surface area contributed by atoms with Crippen molar-refractivity contribution in [3.8, 4) is 11.5 Å². The Kier molecular flexibility index (Phi) is 5.18. The summed E-state index contributed by atoms with van der Waals surface area (Å²) >= 11 is 0. The molecule has 1 saturated heterocycles. The van der Waals surface area contributed by atoms with Crippen molar-refractivity contribution in [2.24, 2.45) is 5.92 Å². The highest BCUT2D eigenvalue weighted by molar-refractivity contribution is 5.97. The Morgan fingerprint density at radius 3 is 2.84 bits per heavy atom. The molecule has 0 bridgehead atoms. The maximum absolute atomic E-state index is 13.7. The third-order valence-corrected chi connectivity index (χ3v) is 6.33. The van der Waals surface area contributed by atoms with Crippen LogP contribution >= 0.6 is 0 Å². The molecule has 4 heterocycles. The molecule has 0 saturated carbocycles. The third kappa shape index (κ3) is 3.80. The fourth-order valence-electron chi connectivity index (χ4n) is 4.69.